The highest BCUT2D eigenvalue weighted by Gasteiger charge is 1.86. The van der Waals surface area contributed by atoms with Crippen molar-refractivity contribution in [1.29, 1.82) is 0 Å². The Morgan fingerprint density at radius 2 is 2.57 bits per heavy atom. The van der Waals surface area contributed by atoms with E-state index in [1.807, 2.05) is 12.3 Å². The van der Waals surface area contributed by atoms with Crippen LogP contribution in [-0.2, 0) is 0 Å². The molecule has 0 aromatic carbocycles. The van der Waals surface area contributed by atoms with Gasteiger partial charge in [0.05, 0.1) is 0 Å². The van der Waals surface area contributed by atoms with Crippen LogP contribution in [0.25, 0.3) is 0 Å². The number of nitrogens with one attached hydrogen (secondary N) is 1. The van der Waals surface area contributed by atoms with Crippen LogP contribution in [0.2, 0.25) is 0 Å². The van der Waals surface area contributed by atoms with Gasteiger partial charge in [-0.05, 0) is 19.2 Å². The molecule has 0 unspecified atom stereocenters. The van der Waals surface area contributed by atoms with Crippen LogP contribution in [0.5, 0.6) is 0 Å². The van der Waals surface area contributed by atoms with Crippen molar-refractivity contribution in [1.82, 2.24) is 5.32 Å². The van der Waals surface area contributed by atoms with Gasteiger partial charge in [0.25, 0.3) is 0 Å². The van der Waals surface area contributed by atoms with Gasteiger partial charge in [0.2, 0.25) is 0 Å². The highest BCUT2D eigenvalue weighted by molar-refractivity contribution is 5.15. The molecular formula is C6H9N. The van der Waals surface area contributed by atoms with Gasteiger partial charge in [-0.15, -0.1) is 0 Å². The molecule has 1 N–H and O–H groups in total. The lowest BCUT2D eigenvalue weighted by molar-refractivity contribution is 0.920. The summed E-state index contributed by atoms with van der Waals surface area (Å²) in [7, 11) is 0. The normalized spacial score (nSPS) is 18.1. The Bertz CT molecular complexity index is 111. The smallest absolute Gasteiger partial charge is 0.0355 e. The first-order valence-corrected chi connectivity index (χ1v) is 2.45. The zero-order valence-corrected chi connectivity index (χ0v) is 4.44. The van der Waals surface area contributed by atoms with Gasteiger partial charge in [-0.3, -0.25) is 0 Å². The second-order valence-corrected chi connectivity index (χ2v) is 1.75. The molecule has 1 nitrogen and oxygen atoms in total. The summed E-state index contributed by atoms with van der Waals surface area (Å²) in [5.74, 6) is 0. The van der Waals surface area contributed by atoms with E-state index in [4.69, 9.17) is 0 Å². The van der Waals surface area contributed by atoms with Crippen LogP contribution < -0.4 is 5.32 Å². The second-order valence-electron chi connectivity index (χ2n) is 1.75. The van der Waals surface area contributed by atoms with Gasteiger partial charge in [-0.25, -0.2) is 0 Å². The van der Waals surface area contributed by atoms with Crippen LogP contribution in [-0.4, -0.2) is 6.54 Å². The second kappa shape index (κ2) is 1.82. The fraction of sp³-hybridized carbons (Fsp3) is 0.333. The largest absolute Gasteiger partial charge is 0.387 e. The molecule has 1 aliphatic rings. The van der Waals surface area contributed by atoms with Crippen LogP contribution in [0.1, 0.15) is 6.92 Å². The minimum absolute atomic E-state index is 1.01. The van der Waals surface area contributed by atoms with E-state index in [0.29, 0.717) is 0 Å². The molecule has 0 aromatic rings. The van der Waals surface area contributed by atoms with Gasteiger partial charge in [0, 0.05) is 6.54 Å². The molecule has 1 heteroatoms. The summed E-state index contributed by atoms with van der Waals surface area (Å²) in [6, 6.07) is 0. The molecule has 1 heterocycles. The highest BCUT2D eigenvalue weighted by Crippen LogP contribution is 1.93. The first-order valence-electron chi connectivity index (χ1n) is 2.45. The van der Waals surface area contributed by atoms with Crippen molar-refractivity contribution in [2.75, 3.05) is 6.54 Å². The van der Waals surface area contributed by atoms with Gasteiger partial charge in [0.15, 0.2) is 0 Å². The van der Waals surface area contributed by atoms with Gasteiger partial charge in [-0.1, -0.05) is 11.6 Å². The van der Waals surface area contributed by atoms with Crippen LogP contribution in [0.15, 0.2) is 23.9 Å². The Morgan fingerprint density at radius 1 is 1.71 bits per heavy atom. The minimum atomic E-state index is 1.01. The van der Waals surface area contributed by atoms with Crippen molar-refractivity contribution in [3.8, 4) is 0 Å². The Balaban J connectivity index is 2.57. The quantitative estimate of drug-likeness (QED) is 0.474. The molecule has 0 amide bonds. The molecule has 0 saturated carbocycles. The fourth-order valence-electron chi connectivity index (χ4n) is 0.559. The van der Waals surface area contributed by atoms with E-state index >= 15 is 0 Å². The first-order chi connectivity index (χ1) is 3.39. The van der Waals surface area contributed by atoms with Crippen molar-refractivity contribution in [2.24, 2.45) is 0 Å². The first kappa shape index (κ1) is 4.44. The molecule has 0 spiro atoms. The molecule has 0 saturated heterocycles. The number of hydrogen-bond acceptors (Lipinski definition) is 1. The van der Waals surface area contributed by atoms with E-state index in [0.717, 1.165) is 6.54 Å². The molecule has 7 heavy (non-hydrogen) atoms. The Morgan fingerprint density at radius 3 is 2.86 bits per heavy atom. The lowest BCUT2D eigenvalue weighted by Crippen LogP contribution is -2.10. The van der Waals surface area contributed by atoms with Gasteiger partial charge in [-0.2, -0.15) is 0 Å². The van der Waals surface area contributed by atoms with E-state index in [2.05, 4.69) is 18.3 Å². The summed E-state index contributed by atoms with van der Waals surface area (Å²) >= 11 is 0. The molecule has 0 fully saturated rings. The predicted octanol–water partition coefficient (Wildman–Crippen LogP) is 1.05. The van der Waals surface area contributed by atoms with E-state index < -0.39 is 0 Å². The monoisotopic (exact) mass is 95.1 g/mol. The van der Waals surface area contributed by atoms with Crippen LogP contribution in [0.3, 0.4) is 0 Å². The minimum Gasteiger partial charge on any atom is -0.387 e. The summed E-state index contributed by atoms with van der Waals surface area (Å²) in [5, 5.41) is 3.09. The molecular weight excluding hydrogens is 86.1 g/mol. The average Bonchev–Trinajstić information content (AvgIpc) is 1.69. The van der Waals surface area contributed by atoms with Crippen LogP contribution in [0, 0.1) is 0 Å². The van der Waals surface area contributed by atoms with Crippen molar-refractivity contribution < 1.29 is 0 Å². The maximum absolute atomic E-state index is 3.09. The van der Waals surface area contributed by atoms with Crippen LogP contribution in [0.4, 0.5) is 0 Å². The van der Waals surface area contributed by atoms with Gasteiger partial charge in [0.1, 0.15) is 0 Å². The maximum atomic E-state index is 3.09. The van der Waals surface area contributed by atoms with Crippen molar-refractivity contribution in [2.45, 2.75) is 6.92 Å². The highest BCUT2D eigenvalue weighted by atomic mass is 14.8. The SMILES string of the molecule is CC1=CC=CNC1. The standard InChI is InChI=1S/C6H9N/c1-6-3-2-4-7-5-6/h2-4,7H,5H2,1H3. The van der Waals surface area contributed by atoms with Crippen LogP contribution >= 0.6 is 0 Å². The predicted molar refractivity (Wildman–Crippen MR) is 30.9 cm³/mol. The number of rotatable bonds is 0. The van der Waals surface area contributed by atoms with Gasteiger partial charge >= 0.3 is 0 Å². The topological polar surface area (TPSA) is 12.0 Å². The maximum Gasteiger partial charge on any atom is 0.0355 e. The lowest BCUT2D eigenvalue weighted by Gasteiger charge is -2.02. The summed E-state index contributed by atoms with van der Waals surface area (Å²) < 4.78 is 0. The third kappa shape index (κ3) is 1.07. The molecule has 1 aliphatic heterocycles. The molecule has 0 aliphatic carbocycles. The number of dihydropyridines is 1. The number of hydrogen-bond donors (Lipinski definition) is 1. The molecule has 0 radical (unpaired) electrons. The summed E-state index contributed by atoms with van der Waals surface area (Å²) in [5.41, 5.74) is 1.39. The fourth-order valence-corrected chi connectivity index (χ4v) is 0.559. The third-order valence-electron chi connectivity index (χ3n) is 0.976. The molecule has 38 valence electrons. The van der Waals surface area contributed by atoms with Crippen molar-refractivity contribution in [3.63, 3.8) is 0 Å². The lowest BCUT2D eigenvalue weighted by atomic mass is 10.2. The zero-order valence-electron chi connectivity index (χ0n) is 4.44. The Hall–Kier alpha value is -0.720. The zero-order chi connectivity index (χ0) is 5.11. The molecule has 0 bridgehead atoms. The van der Waals surface area contributed by atoms with E-state index in [9.17, 15) is 0 Å². The summed E-state index contributed by atoms with van der Waals surface area (Å²) in [4.78, 5) is 0. The summed E-state index contributed by atoms with van der Waals surface area (Å²) in [6.07, 6.45) is 6.07. The third-order valence-corrected chi connectivity index (χ3v) is 0.976. The van der Waals surface area contributed by atoms with Crippen molar-refractivity contribution in [3.05, 3.63) is 23.9 Å². The Labute approximate surface area is 43.7 Å². The van der Waals surface area contributed by atoms with E-state index in [1.54, 1.807) is 0 Å². The Kier molecular flexibility index (Phi) is 1.16. The molecule has 1 rings (SSSR count). The average molecular weight is 95.1 g/mol. The number of allylic oxidation sites excluding steroid dienone is 2. The molecule has 0 atom stereocenters. The molecule has 0 aromatic heterocycles. The van der Waals surface area contributed by atoms with Gasteiger partial charge < -0.3 is 5.32 Å². The van der Waals surface area contributed by atoms with Crippen molar-refractivity contribution >= 4 is 0 Å². The summed E-state index contributed by atoms with van der Waals surface area (Å²) in [6.45, 7) is 3.12. The van der Waals surface area contributed by atoms with E-state index in [-0.39, 0.29) is 0 Å². The van der Waals surface area contributed by atoms with E-state index in [1.165, 1.54) is 5.57 Å².